The number of ether oxygens (including phenoxy) is 4. The van der Waals surface area contributed by atoms with Crippen molar-refractivity contribution in [3.05, 3.63) is 35.4 Å². The Labute approximate surface area is 174 Å². The molecule has 0 aliphatic rings. The first-order chi connectivity index (χ1) is 14.2. The molecule has 0 saturated carbocycles. The number of hydrogen-bond donors (Lipinski definition) is 0. The van der Waals surface area contributed by atoms with E-state index in [1.807, 2.05) is 0 Å². The first-order valence-electron chi connectivity index (χ1n) is 10.7. The van der Waals surface area contributed by atoms with Crippen molar-refractivity contribution in [3.8, 4) is 0 Å². The van der Waals surface area contributed by atoms with E-state index in [0.717, 1.165) is 19.3 Å². The zero-order valence-corrected chi connectivity index (χ0v) is 18.0. The third kappa shape index (κ3) is 11.6. The lowest BCUT2D eigenvalue weighted by atomic mass is 10.1. The van der Waals surface area contributed by atoms with E-state index in [0.29, 0.717) is 19.8 Å². The van der Waals surface area contributed by atoms with Crippen LogP contribution in [0.3, 0.4) is 0 Å². The fraction of sp³-hybridized carbons (Fsp3) is 0.652. The molecular formula is C23H36O6. The summed E-state index contributed by atoms with van der Waals surface area (Å²) in [5.74, 6) is -1.04. The van der Waals surface area contributed by atoms with Gasteiger partial charge in [-0.1, -0.05) is 64.0 Å². The molecule has 0 aliphatic carbocycles. The third-order valence-corrected chi connectivity index (χ3v) is 4.49. The highest BCUT2D eigenvalue weighted by Gasteiger charge is 2.18. The van der Waals surface area contributed by atoms with Gasteiger partial charge in [0, 0.05) is 7.11 Å². The molecule has 0 aromatic heterocycles. The summed E-state index contributed by atoms with van der Waals surface area (Å²) >= 11 is 0. The molecule has 0 saturated heterocycles. The third-order valence-electron chi connectivity index (χ3n) is 4.49. The van der Waals surface area contributed by atoms with E-state index in [-0.39, 0.29) is 24.3 Å². The molecule has 0 spiro atoms. The number of unbranched alkanes of at least 4 members (excludes halogenated alkanes) is 7. The van der Waals surface area contributed by atoms with Crippen molar-refractivity contribution in [3.63, 3.8) is 0 Å². The van der Waals surface area contributed by atoms with Gasteiger partial charge in [-0.05, 0) is 18.6 Å². The lowest BCUT2D eigenvalue weighted by molar-refractivity contribution is 0.0209. The van der Waals surface area contributed by atoms with Gasteiger partial charge >= 0.3 is 11.9 Å². The normalized spacial score (nSPS) is 10.7. The second-order valence-electron chi connectivity index (χ2n) is 6.90. The zero-order chi connectivity index (χ0) is 21.2. The van der Waals surface area contributed by atoms with Gasteiger partial charge in [-0.25, -0.2) is 9.59 Å². The van der Waals surface area contributed by atoms with Gasteiger partial charge in [0.25, 0.3) is 0 Å². The first-order valence-corrected chi connectivity index (χ1v) is 10.7. The van der Waals surface area contributed by atoms with E-state index >= 15 is 0 Å². The van der Waals surface area contributed by atoms with Gasteiger partial charge in [0.1, 0.15) is 6.61 Å². The van der Waals surface area contributed by atoms with Crippen molar-refractivity contribution in [2.45, 2.75) is 58.3 Å². The quantitative estimate of drug-likeness (QED) is 0.272. The molecule has 1 rings (SSSR count). The topological polar surface area (TPSA) is 71.1 Å². The Morgan fingerprint density at radius 1 is 0.690 bits per heavy atom. The van der Waals surface area contributed by atoms with Crippen LogP contribution in [0.5, 0.6) is 0 Å². The number of esters is 2. The SMILES string of the molecule is CCCCCCCCCCOC(=O)c1ccccc1C(=O)OCCOCCOC. The molecule has 6 heteroatoms. The van der Waals surface area contributed by atoms with Gasteiger partial charge in [-0.3, -0.25) is 0 Å². The van der Waals surface area contributed by atoms with Crippen LogP contribution in [0.15, 0.2) is 24.3 Å². The van der Waals surface area contributed by atoms with Crippen LogP contribution in [-0.2, 0) is 18.9 Å². The molecule has 0 radical (unpaired) electrons. The molecule has 0 bridgehead atoms. The number of carbonyl (C=O) groups excluding carboxylic acids is 2. The van der Waals surface area contributed by atoms with E-state index in [2.05, 4.69) is 6.92 Å². The standard InChI is InChI=1S/C23H36O6/c1-3-4-5-6-7-8-9-12-15-28-22(24)20-13-10-11-14-21(20)23(25)29-19-18-27-17-16-26-2/h10-11,13-14H,3-9,12,15-19H2,1-2H3. The molecule has 0 unspecified atom stereocenters. The van der Waals surface area contributed by atoms with Gasteiger partial charge in [-0.15, -0.1) is 0 Å². The van der Waals surface area contributed by atoms with E-state index in [9.17, 15) is 9.59 Å². The van der Waals surface area contributed by atoms with Crippen molar-refractivity contribution in [2.75, 3.05) is 40.1 Å². The van der Waals surface area contributed by atoms with Crippen LogP contribution in [0.2, 0.25) is 0 Å². The van der Waals surface area contributed by atoms with Crippen LogP contribution in [0.4, 0.5) is 0 Å². The second-order valence-corrected chi connectivity index (χ2v) is 6.90. The Morgan fingerprint density at radius 2 is 1.21 bits per heavy atom. The van der Waals surface area contributed by atoms with Crippen molar-refractivity contribution < 1.29 is 28.5 Å². The van der Waals surface area contributed by atoms with Crippen molar-refractivity contribution in [2.24, 2.45) is 0 Å². The first kappa shape index (κ1) is 25.1. The molecule has 164 valence electrons. The smallest absolute Gasteiger partial charge is 0.339 e. The average molecular weight is 409 g/mol. The van der Waals surface area contributed by atoms with Crippen LogP contribution >= 0.6 is 0 Å². The Morgan fingerprint density at radius 3 is 1.79 bits per heavy atom. The van der Waals surface area contributed by atoms with Gasteiger partial charge < -0.3 is 18.9 Å². The zero-order valence-electron chi connectivity index (χ0n) is 18.0. The maximum atomic E-state index is 12.4. The Bertz CT molecular complexity index is 572. The predicted molar refractivity (Wildman–Crippen MR) is 112 cm³/mol. The largest absolute Gasteiger partial charge is 0.462 e. The highest BCUT2D eigenvalue weighted by atomic mass is 16.6. The maximum absolute atomic E-state index is 12.4. The summed E-state index contributed by atoms with van der Waals surface area (Å²) in [5.41, 5.74) is 0.447. The van der Waals surface area contributed by atoms with Gasteiger partial charge in [0.2, 0.25) is 0 Å². The van der Waals surface area contributed by atoms with E-state index in [1.54, 1.807) is 31.4 Å². The minimum atomic E-state index is -0.556. The van der Waals surface area contributed by atoms with Crippen molar-refractivity contribution in [1.29, 1.82) is 0 Å². The molecule has 29 heavy (non-hydrogen) atoms. The van der Waals surface area contributed by atoms with Crippen LogP contribution in [0, 0.1) is 0 Å². The van der Waals surface area contributed by atoms with Crippen molar-refractivity contribution >= 4 is 11.9 Å². The summed E-state index contributed by atoms with van der Waals surface area (Å²) in [5, 5.41) is 0. The molecule has 0 atom stereocenters. The Hall–Kier alpha value is -1.92. The lowest BCUT2D eigenvalue weighted by Gasteiger charge is -2.10. The molecule has 0 heterocycles. The Balaban J connectivity index is 2.30. The number of rotatable bonds is 17. The summed E-state index contributed by atoms with van der Waals surface area (Å²) in [6.45, 7) is 3.90. The van der Waals surface area contributed by atoms with Gasteiger partial charge in [0.05, 0.1) is 37.6 Å². The van der Waals surface area contributed by atoms with Crippen LogP contribution in [0.25, 0.3) is 0 Å². The van der Waals surface area contributed by atoms with Gasteiger partial charge in [-0.2, -0.15) is 0 Å². The molecular weight excluding hydrogens is 372 g/mol. The summed E-state index contributed by atoms with van der Waals surface area (Å²) in [4.78, 5) is 24.6. The van der Waals surface area contributed by atoms with E-state index in [4.69, 9.17) is 18.9 Å². The summed E-state index contributed by atoms with van der Waals surface area (Å²) in [7, 11) is 1.59. The fourth-order valence-corrected chi connectivity index (χ4v) is 2.83. The summed E-state index contributed by atoms with van der Waals surface area (Å²) in [6, 6.07) is 6.56. The molecule has 0 aliphatic heterocycles. The monoisotopic (exact) mass is 408 g/mol. The number of hydrogen-bond acceptors (Lipinski definition) is 6. The molecule has 0 fully saturated rings. The fourth-order valence-electron chi connectivity index (χ4n) is 2.83. The molecule has 1 aromatic rings. The van der Waals surface area contributed by atoms with Crippen molar-refractivity contribution in [1.82, 2.24) is 0 Å². The summed E-state index contributed by atoms with van der Waals surface area (Å²) in [6.07, 6.45) is 9.43. The van der Waals surface area contributed by atoms with Gasteiger partial charge in [0.15, 0.2) is 0 Å². The molecule has 0 N–H and O–H groups in total. The number of carbonyl (C=O) groups is 2. The average Bonchev–Trinajstić information content (AvgIpc) is 2.74. The molecule has 1 aromatic carbocycles. The highest BCUT2D eigenvalue weighted by Crippen LogP contribution is 2.13. The second kappa shape index (κ2) is 17.0. The molecule has 0 amide bonds. The summed E-state index contributed by atoms with van der Waals surface area (Å²) < 4.78 is 20.7. The number of methoxy groups -OCH3 is 1. The van der Waals surface area contributed by atoms with Crippen LogP contribution < -0.4 is 0 Å². The highest BCUT2D eigenvalue weighted by molar-refractivity contribution is 6.03. The minimum absolute atomic E-state index is 0.115. The Kier molecular flexibility index (Phi) is 14.7. The van der Waals surface area contributed by atoms with Crippen LogP contribution in [-0.4, -0.2) is 52.1 Å². The molecule has 6 nitrogen and oxygen atoms in total. The maximum Gasteiger partial charge on any atom is 0.339 e. The van der Waals surface area contributed by atoms with E-state index in [1.165, 1.54) is 32.1 Å². The lowest BCUT2D eigenvalue weighted by Crippen LogP contribution is -2.17. The predicted octanol–water partition coefficient (Wildman–Crippen LogP) is 4.80. The van der Waals surface area contributed by atoms with E-state index < -0.39 is 11.9 Å². The number of benzene rings is 1. The minimum Gasteiger partial charge on any atom is -0.462 e. The van der Waals surface area contributed by atoms with Crippen LogP contribution in [0.1, 0.15) is 79.0 Å².